The lowest BCUT2D eigenvalue weighted by atomic mass is 9.99. The summed E-state index contributed by atoms with van der Waals surface area (Å²) in [4.78, 5) is 18.4. The van der Waals surface area contributed by atoms with E-state index in [0.717, 1.165) is 27.7 Å². The zero-order valence-corrected chi connectivity index (χ0v) is 15.1. The van der Waals surface area contributed by atoms with E-state index in [1.807, 2.05) is 49.3 Å². The highest BCUT2D eigenvalue weighted by Crippen LogP contribution is 2.36. The summed E-state index contributed by atoms with van der Waals surface area (Å²) in [5.74, 6) is -0.00990. The SMILES string of the molecule is CC(=O)c1cnc2c(-c3cc(Cl)cc(Cl)c3)cccc2c1N(C)C. The molecular formula is C19H16Cl2N2O. The fourth-order valence-corrected chi connectivity index (χ4v) is 3.42. The van der Waals surface area contributed by atoms with Gasteiger partial charge in [-0.15, -0.1) is 0 Å². The molecule has 0 N–H and O–H groups in total. The minimum atomic E-state index is -0.00990. The van der Waals surface area contributed by atoms with Crippen molar-refractivity contribution < 1.29 is 4.79 Å². The number of ketones is 1. The van der Waals surface area contributed by atoms with Gasteiger partial charge in [-0.3, -0.25) is 9.78 Å². The lowest BCUT2D eigenvalue weighted by Gasteiger charge is -2.19. The van der Waals surface area contributed by atoms with E-state index in [9.17, 15) is 4.79 Å². The number of aromatic nitrogens is 1. The number of para-hydroxylation sites is 1. The van der Waals surface area contributed by atoms with E-state index in [4.69, 9.17) is 23.2 Å². The Hall–Kier alpha value is -2.10. The highest BCUT2D eigenvalue weighted by molar-refractivity contribution is 6.35. The molecule has 3 aromatic rings. The predicted octanol–water partition coefficient (Wildman–Crippen LogP) is 5.48. The van der Waals surface area contributed by atoms with E-state index in [0.29, 0.717) is 15.6 Å². The molecule has 3 nitrogen and oxygen atoms in total. The highest BCUT2D eigenvalue weighted by atomic mass is 35.5. The second-order valence-electron chi connectivity index (χ2n) is 5.83. The van der Waals surface area contributed by atoms with Crippen molar-refractivity contribution in [2.75, 3.05) is 19.0 Å². The Balaban J connectivity index is 2.36. The lowest BCUT2D eigenvalue weighted by Crippen LogP contribution is -2.14. The van der Waals surface area contributed by atoms with Crippen LogP contribution < -0.4 is 4.90 Å². The Kier molecular flexibility index (Phi) is 4.48. The first-order chi connectivity index (χ1) is 11.4. The number of Topliss-reactive ketones (excluding diaryl/α,β-unsaturated/α-hetero) is 1. The highest BCUT2D eigenvalue weighted by Gasteiger charge is 2.16. The molecule has 0 aliphatic heterocycles. The van der Waals surface area contributed by atoms with Crippen LogP contribution in [0.25, 0.3) is 22.0 Å². The molecule has 0 aliphatic rings. The second kappa shape index (κ2) is 6.42. The van der Waals surface area contributed by atoms with Crippen molar-refractivity contribution in [2.24, 2.45) is 0 Å². The largest absolute Gasteiger partial charge is 0.376 e. The summed E-state index contributed by atoms with van der Waals surface area (Å²) in [6.45, 7) is 1.55. The molecule has 0 aliphatic carbocycles. The van der Waals surface area contributed by atoms with Gasteiger partial charge in [-0.1, -0.05) is 41.4 Å². The minimum absolute atomic E-state index is 0.00990. The maximum absolute atomic E-state index is 12.0. The molecule has 1 aromatic heterocycles. The number of fused-ring (bicyclic) bond motifs is 1. The van der Waals surface area contributed by atoms with E-state index >= 15 is 0 Å². The van der Waals surface area contributed by atoms with Gasteiger partial charge in [-0.2, -0.15) is 0 Å². The van der Waals surface area contributed by atoms with Crippen LogP contribution in [0, 0.1) is 0 Å². The van der Waals surface area contributed by atoms with Crippen LogP contribution in [0.3, 0.4) is 0 Å². The van der Waals surface area contributed by atoms with E-state index in [-0.39, 0.29) is 5.78 Å². The average Bonchev–Trinajstić information content (AvgIpc) is 2.51. The summed E-state index contributed by atoms with van der Waals surface area (Å²) >= 11 is 12.3. The van der Waals surface area contributed by atoms with Gasteiger partial charge in [0.2, 0.25) is 0 Å². The number of hydrogen-bond acceptors (Lipinski definition) is 3. The molecule has 0 saturated carbocycles. The molecule has 0 saturated heterocycles. The molecule has 24 heavy (non-hydrogen) atoms. The van der Waals surface area contributed by atoms with Gasteiger partial charge in [-0.05, 0) is 30.7 Å². The van der Waals surface area contributed by atoms with Crippen molar-refractivity contribution >= 4 is 45.6 Å². The van der Waals surface area contributed by atoms with E-state index in [2.05, 4.69) is 4.98 Å². The zero-order valence-electron chi connectivity index (χ0n) is 13.6. The number of pyridine rings is 1. The molecule has 3 rings (SSSR count). The molecule has 1 heterocycles. The number of rotatable bonds is 3. The smallest absolute Gasteiger partial charge is 0.163 e. The quantitative estimate of drug-likeness (QED) is 0.581. The Labute approximate surface area is 150 Å². The second-order valence-corrected chi connectivity index (χ2v) is 6.70. The number of benzene rings is 2. The summed E-state index contributed by atoms with van der Waals surface area (Å²) < 4.78 is 0. The molecule has 0 atom stereocenters. The summed E-state index contributed by atoms with van der Waals surface area (Å²) in [5, 5.41) is 2.06. The summed E-state index contributed by atoms with van der Waals surface area (Å²) in [6, 6.07) is 11.3. The van der Waals surface area contributed by atoms with Crippen LogP contribution in [-0.2, 0) is 0 Å². The number of hydrogen-bond donors (Lipinski definition) is 0. The number of halogens is 2. The molecule has 0 amide bonds. The molecular weight excluding hydrogens is 343 g/mol. The Bertz CT molecular complexity index is 931. The first-order valence-electron chi connectivity index (χ1n) is 7.45. The van der Waals surface area contributed by atoms with Gasteiger partial charge < -0.3 is 4.90 Å². The van der Waals surface area contributed by atoms with E-state index in [1.165, 1.54) is 0 Å². The minimum Gasteiger partial charge on any atom is -0.376 e. The number of carbonyl (C=O) groups excluding carboxylic acids is 1. The summed E-state index contributed by atoms with van der Waals surface area (Å²) in [7, 11) is 3.84. The normalized spacial score (nSPS) is 10.9. The lowest BCUT2D eigenvalue weighted by molar-refractivity contribution is 0.101. The predicted molar refractivity (Wildman–Crippen MR) is 102 cm³/mol. The fourth-order valence-electron chi connectivity index (χ4n) is 2.89. The van der Waals surface area contributed by atoms with Gasteiger partial charge >= 0.3 is 0 Å². The van der Waals surface area contributed by atoms with Gasteiger partial charge in [0.1, 0.15) is 0 Å². The third kappa shape index (κ3) is 2.97. The van der Waals surface area contributed by atoms with E-state index in [1.54, 1.807) is 19.2 Å². The van der Waals surface area contributed by atoms with Gasteiger partial charge in [0.05, 0.1) is 16.8 Å². The molecule has 0 radical (unpaired) electrons. The summed E-state index contributed by atoms with van der Waals surface area (Å²) in [6.07, 6.45) is 1.63. The number of carbonyl (C=O) groups is 1. The molecule has 122 valence electrons. The maximum atomic E-state index is 12.0. The van der Waals surface area contributed by atoms with Crippen molar-refractivity contribution in [3.05, 3.63) is 58.2 Å². The third-order valence-electron chi connectivity index (χ3n) is 3.87. The van der Waals surface area contributed by atoms with Gasteiger partial charge in [0.15, 0.2) is 5.78 Å². The van der Waals surface area contributed by atoms with Crippen molar-refractivity contribution in [3.63, 3.8) is 0 Å². The fraction of sp³-hybridized carbons (Fsp3) is 0.158. The molecule has 0 spiro atoms. The van der Waals surface area contributed by atoms with Gasteiger partial charge in [-0.25, -0.2) is 0 Å². The van der Waals surface area contributed by atoms with Crippen molar-refractivity contribution in [1.82, 2.24) is 4.98 Å². The van der Waals surface area contributed by atoms with Crippen molar-refractivity contribution in [2.45, 2.75) is 6.92 Å². The molecule has 2 aromatic carbocycles. The maximum Gasteiger partial charge on any atom is 0.163 e. The van der Waals surface area contributed by atoms with Gasteiger partial charge in [0, 0.05) is 41.3 Å². The third-order valence-corrected chi connectivity index (χ3v) is 4.31. The van der Waals surface area contributed by atoms with Crippen LogP contribution in [0.15, 0.2) is 42.6 Å². The van der Waals surface area contributed by atoms with E-state index < -0.39 is 0 Å². The molecule has 0 bridgehead atoms. The van der Waals surface area contributed by atoms with Crippen molar-refractivity contribution in [1.29, 1.82) is 0 Å². The average molecular weight is 359 g/mol. The van der Waals surface area contributed by atoms with Crippen LogP contribution in [0.1, 0.15) is 17.3 Å². The van der Waals surface area contributed by atoms with Crippen LogP contribution >= 0.6 is 23.2 Å². The number of nitrogens with zero attached hydrogens (tertiary/aromatic N) is 2. The molecule has 0 fully saturated rings. The van der Waals surface area contributed by atoms with Crippen LogP contribution in [-0.4, -0.2) is 24.9 Å². The zero-order chi connectivity index (χ0) is 17.4. The van der Waals surface area contributed by atoms with Gasteiger partial charge in [0.25, 0.3) is 0 Å². The topological polar surface area (TPSA) is 33.2 Å². The first kappa shape index (κ1) is 16.7. The Morgan fingerprint density at radius 2 is 1.75 bits per heavy atom. The Morgan fingerprint density at radius 1 is 1.08 bits per heavy atom. The molecule has 0 unspecified atom stereocenters. The van der Waals surface area contributed by atoms with Crippen LogP contribution in [0.2, 0.25) is 10.0 Å². The Morgan fingerprint density at radius 3 is 2.33 bits per heavy atom. The summed E-state index contributed by atoms with van der Waals surface area (Å²) in [5.41, 5.74) is 4.10. The first-order valence-corrected chi connectivity index (χ1v) is 8.20. The standard InChI is InChI=1S/C19H16Cl2N2O/c1-11(24)17-10-22-18-15(12-7-13(20)9-14(21)8-12)5-4-6-16(18)19(17)23(2)3/h4-10H,1-3H3. The molecule has 5 heteroatoms. The van der Waals surface area contributed by atoms with Crippen LogP contribution in [0.5, 0.6) is 0 Å². The van der Waals surface area contributed by atoms with Crippen molar-refractivity contribution in [3.8, 4) is 11.1 Å². The van der Waals surface area contributed by atoms with Crippen LogP contribution in [0.4, 0.5) is 5.69 Å². The number of anilines is 1. The monoisotopic (exact) mass is 358 g/mol.